The topological polar surface area (TPSA) is 34.1 Å². The van der Waals surface area contributed by atoms with Crippen LogP contribution >= 0.6 is 11.6 Å². The molecule has 4 heteroatoms. The Balaban J connectivity index is 1.83. The first kappa shape index (κ1) is 14.7. The van der Waals surface area contributed by atoms with E-state index in [1.54, 1.807) is 13.3 Å². The minimum Gasteiger partial charge on any atom is -0.497 e. The number of nitrogens with one attached hydrogen (secondary N) is 1. The number of rotatable bonds is 6. The molecule has 0 aliphatic rings. The Bertz CT molecular complexity index is 542. The maximum atomic E-state index is 5.87. The Morgan fingerprint density at radius 2 is 2.00 bits per heavy atom. The summed E-state index contributed by atoms with van der Waals surface area (Å²) in [6.07, 6.45) is 3.78. The number of pyridine rings is 1. The molecule has 2 aromatic rings. The van der Waals surface area contributed by atoms with E-state index in [1.165, 1.54) is 5.56 Å². The van der Waals surface area contributed by atoms with Crippen molar-refractivity contribution in [2.75, 3.05) is 12.4 Å². The minimum atomic E-state index is 0.371. The number of anilines is 1. The van der Waals surface area contributed by atoms with E-state index in [1.807, 2.05) is 24.3 Å². The zero-order valence-corrected chi connectivity index (χ0v) is 12.5. The van der Waals surface area contributed by atoms with Crippen LogP contribution in [-0.4, -0.2) is 18.1 Å². The first-order chi connectivity index (χ1) is 9.67. The summed E-state index contributed by atoms with van der Waals surface area (Å²) in [5.41, 5.74) is 2.32. The van der Waals surface area contributed by atoms with Crippen molar-refractivity contribution in [1.29, 1.82) is 0 Å². The van der Waals surface area contributed by atoms with Crippen molar-refractivity contribution in [2.24, 2.45) is 0 Å². The molecule has 0 saturated heterocycles. The lowest BCUT2D eigenvalue weighted by Gasteiger charge is -2.15. The predicted molar refractivity (Wildman–Crippen MR) is 83.6 cm³/mol. The van der Waals surface area contributed by atoms with Gasteiger partial charge in [0.15, 0.2) is 0 Å². The molecule has 1 aromatic heterocycles. The van der Waals surface area contributed by atoms with Gasteiger partial charge in [-0.2, -0.15) is 0 Å². The fraction of sp³-hybridized carbons (Fsp3) is 0.312. The summed E-state index contributed by atoms with van der Waals surface area (Å²) in [7, 11) is 1.68. The molecule has 1 N–H and O–H groups in total. The largest absolute Gasteiger partial charge is 0.497 e. The van der Waals surface area contributed by atoms with E-state index >= 15 is 0 Å². The van der Waals surface area contributed by atoms with Crippen LogP contribution in [0.2, 0.25) is 5.15 Å². The fourth-order valence-corrected chi connectivity index (χ4v) is 2.20. The van der Waals surface area contributed by atoms with Gasteiger partial charge in [-0.05, 0) is 49.6 Å². The Labute approximate surface area is 124 Å². The Morgan fingerprint density at radius 1 is 1.25 bits per heavy atom. The van der Waals surface area contributed by atoms with Gasteiger partial charge in [-0.25, -0.2) is 4.98 Å². The van der Waals surface area contributed by atoms with Crippen LogP contribution in [0.3, 0.4) is 0 Å². The van der Waals surface area contributed by atoms with Crippen LogP contribution < -0.4 is 10.1 Å². The summed E-state index contributed by atoms with van der Waals surface area (Å²) >= 11 is 5.87. The first-order valence-electron chi connectivity index (χ1n) is 6.68. The second-order valence-electron chi connectivity index (χ2n) is 4.80. The van der Waals surface area contributed by atoms with E-state index in [0.29, 0.717) is 11.2 Å². The van der Waals surface area contributed by atoms with Crippen LogP contribution in [0.4, 0.5) is 5.69 Å². The van der Waals surface area contributed by atoms with Gasteiger partial charge < -0.3 is 10.1 Å². The quantitative estimate of drug-likeness (QED) is 0.811. The Hall–Kier alpha value is -1.74. The molecular weight excluding hydrogens is 272 g/mol. The van der Waals surface area contributed by atoms with Crippen molar-refractivity contribution in [1.82, 2.24) is 4.98 Å². The standard InChI is InChI=1S/C16H19ClN2O/c1-12(19-14-9-10-18-16(17)11-14)3-4-13-5-7-15(20-2)8-6-13/h5-12H,3-4H2,1-2H3,(H,18,19). The van der Waals surface area contributed by atoms with Crippen LogP contribution in [0.25, 0.3) is 0 Å². The number of halogens is 1. The minimum absolute atomic E-state index is 0.371. The molecular formula is C16H19ClN2O. The second kappa shape index (κ2) is 7.15. The van der Waals surface area contributed by atoms with Gasteiger partial charge in [0.05, 0.1) is 7.11 Å². The van der Waals surface area contributed by atoms with Crippen LogP contribution in [0.15, 0.2) is 42.6 Å². The molecule has 0 amide bonds. The summed E-state index contributed by atoms with van der Waals surface area (Å²) in [5, 5.41) is 3.94. The molecule has 2 rings (SSSR count). The molecule has 0 bridgehead atoms. The molecule has 1 aromatic carbocycles. The number of hydrogen-bond acceptors (Lipinski definition) is 3. The number of benzene rings is 1. The van der Waals surface area contributed by atoms with Gasteiger partial charge in [0.25, 0.3) is 0 Å². The highest BCUT2D eigenvalue weighted by molar-refractivity contribution is 6.29. The molecule has 0 aliphatic heterocycles. The highest BCUT2D eigenvalue weighted by atomic mass is 35.5. The van der Waals surface area contributed by atoms with Crippen LogP contribution in [0, 0.1) is 0 Å². The van der Waals surface area contributed by atoms with Crippen molar-refractivity contribution in [3.63, 3.8) is 0 Å². The number of ether oxygens (including phenoxy) is 1. The molecule has 0 aliphatic carbocycles. The zero-order valence-electron chi connectivity index (χ0n) is 11.8. The fourth-order valence-electron chi connectivity index (χ4n) is 2.02. The second-order valence-corrected chi connectivity index (χ2v) is 5.19. The lowest BCUT2D eigenvalue weighted by atomic mass is 10.1. The number of aromatic nitrogens is 1. The highest BCUT2D eigenvalue weighted by Gasteiger charge is 2.04. The zero-order chi connectivity index (χ0) is 14.4. The van der Waals surface area contributed by atoms with Gasteiger partial charge in [0.2, 0.25) is 0 Å². The molecule has 0 radical (unpaired) electrons. The van der Waals surface area contributed by atoms with E-state index in [4.69, 9.17) is 16.3 Å². The van der Waals surface area contributed by atoms with E-state index in [0.717, 1.165) is 24.3 Å². The molecule has 20 heavy (non-hydrogen) atoms. The van der Waals surface area contributed by atoms with Crippen LogP contribution in [-0.2, 0) is 6.42 Å². The average molecular weight is 291 g/mol. The maximum Gasteiger partial charge on any atom is 0.131 e. The summed E-state index contributed by atoms with van der Waals surface area (Å²) in [5.74, 6) is 0.895. The molecule has 1 heterocycles. The molecule has 0 spiro atoms. The maximum absolute atomic E-state index is 5.87. The lowest BCUT2D eigenvalue weighted by Crippen LogP contribution is -2.16. The van der Waals surface area contributed by atoms with E-state index < -0.39 is 0 Å². The molecule has 1 atom stereocenters. The van der Waals surface area contributed by atoms with Crippen molar-refractivity contribution in [3.05, 3.63) is 53.3 Å². The summed E-state index contributed by atoms with van der Waals surface area (Å²) in [6, 6.07) is 12.3. The molecule has 3 nitrogen and oxygen atoms in total. The third-order valence-electron chi connectivity index (χ3n) is 3.16. The summed E-state index contributed by atoms with van der Waals surface area (Å²) in [4.78, 5) is 3.97. The average Bonchev–Trinajstić information content (AvgIpc) is 2.46. The van der Waals surface area contributed by atoms with Crippen molar-refractivity contribution < 1.29 is 4.74 Å². The molecule has 1 unspecified atom stereocenters. The number of aryl methyl sites for hydroxylation is 1. The number of nitrogens with zero attached hydrogens (tertiary/aromatic N) is 1. The number of methoxy groups -OCH3 is 1. The van der Waals surface area contributed by atoms with E-state index in [2.05, 4.69) is 29.4 Å². The lowest BCUT2D eigenvalue weighted by molar-refractivity contribution is 0.414. The third kappa shape index (κ3) is 4.42. The van der Waals surface area contributed by atoms with Gasteiger partial charge >= 0.3 is 0 Å². The van der Waals surface area contributed by atoms with Gasteiger partial charge in [0, 0.05) is 17.9 Å². The van der Waals surface area contributed by atoms with E-state index in [9.17, 15) is 0 Å². The molecule has 0 saturated carbocycles. The van der Waals surface area contributed by atoms with Crippen molar-refractivity contribution in [3.8, 4) is 5.75 Å². The third-order valence-corrected chi connectivity index (χ3v) is 3.37. The van der Waals surface area contributed by atoms with Gasteiger partial charge in [-0.3, -0.25) is 0 Å². The van der Waals surface area contributed by atoms with E-state index in [-0.39, 0.29) is 0 Å². The highest BCUT2D eigenvalue weighted by Crippen LogP contribution is 2.16. The SMILES string of the molecule is COc1ccc(CCC(C)Nc2ccnc(Cl)c2)cc1. The van der Waals surface area contributed by atoms with Gasteiger partial charge in [0.1, 0.15) is 10.9 Å². The van der Waals surface area contributed by atoms with Crippen molar-refractivity contribution in [2.45, 2.75) is 25.8 Å². The van der Waals surface area contributed by atoms with Crippen LogP contribution in [0.5, 0.6) is 5.75 Å². The summed E-state index contributed by atoms with van der Waals surface area (Å²) < 4.78 is 5.15. The summed E-state index contributed by atoms with van der Waals surface area (Å²) in [6.45, 7) is 2.16. The molecule has 106 valence electrons. The Kier molecular flexibility index (Phi) is 5.24. The smallest absolute Gasteiger partial charge is 0.131 e. The normalized spacial score (nSPS) is 11.9. The van der Waals surface area contributed by atoms with Gasteiger partial charge in [-0.15, -0.1) is 0 Å². The Morgan fingerprint density at radius 3 is 2.65 bits per heavy atom. The number of hydrogen-bond donors (Lipinski definition) is 1. The first-order valence-corrected chi connectivity index (χ1v) is 7.06. The van der Waals surface area contributed by atoms with Crippen molar-refractivity contribution >= 4 is 17.3 Å². The van der Waals surface area contributed by atoms with Gasteiger partial charge in [-0.1, -0.05) is 23.7 Å². The molecule has 0 fully saturated rings. The monoisotopic (exact) mass is 290 g/mol. The predicted octanol–water partition coefficient (Wildman–Crippen LogP) is 4.18. The van der Waals surface area contributed by atoms with Crippen LogP contribution in [0.1, 0.15) is 18.9 Å².